The summed E-state index contributed by atoms with van der Waals surface area (Å²) in [4.78, 5) is 10.1. The molecule has 4 aliphatic rings. The Kier molecular flexibility index (Phi) is 16.9. The molecule has 0 saturated heterocycles. The highest BCUT2D eigenvalue weighted by Crippen LogP contribution is 2.53. The van der Waals surface area contributed by atoms with Crippen molar-refractivity contribution < 1.29 is 9.47 Å². The number of nitrogens with zero attached hydrogens (tertiary/aromatic N) is 4. The Hall–Kier alpha value is -9.65. The molecule has 8 heteroatoms. The molecule has 0 spiro atoms. The molecule has 538 valence electrons. The molecular weight excluding hydrogens is 1290 g/mol. The fourth-order valence-corrected chi connectivity index (χ4v) is 16.5. The molecule has 11 aromatic rings. The third-order valence-corrected chi connectivity index (χ3v) is 22.6. The summed E-state index contributed by atoms with van der Waals surface area (Å²) in [7, 11) is 0. The summed E-state index contributed by atoms with van der Waals surface area (Å²) in [5.74, 6) is 3.21. The summed E-state index contributed by atoms with van der Waals surface area (Å²) in [6.07, 6.45) is 0. The zero-order chi connectivity index (χ0) is 75.7. The highest BCUT2D eigenvalue weighted by Gasteiger charge is 2.51. The summed E-state index contributed by atoms with van der Waals surface area (Å²) in [5.41, 5.74) is 28.9. The van der Waals surface area contributed by atoms with Crippen molar-refractivity contribution in [2.45, 2.75) is 209 Å². The van der Waals surface area contributed by atoms with Gasteiger partial charge in [-0.2, -0.15) is 0 Å². The predicted octanol–water partition coefficient (Wildman–Crippen LogP) is 23.8. The van der Waals surface area contributed by atoms with Gasteiger partial charge in [-0.25, -0.2) is 0 Å². The van der Waals surface area contributed by atoms with Gasteiger partial charge in [0.1, 0.15) is 23.0 Å². The average Bonchev–Trinajstić information content (AvgIpc) is 0.691. The zero-order valence-corrected chi connectivity index (χ0v) is 67.5. The van der Waals surface area contributed by atoms with Gasteiger partial charge in [-0.1, -0.05) is 269 Å². The van der Waals surface area contributed by atoms with Crippen LogP contribution in [0.25, 0.3) is 0 Å². The van der Waals surface area contributed by atoms with Crippen LogP contribution in [0, 0.1) is 0 Å². The van der Waals surface area contributed by atoms with E-state index in [4.69, 9.17) is 9.47 Å². The average molecular weight is 1400 g/mol. The van der Waals surface area contributed by atoms with E-state index < -0.39 is 0 Å². The van der Waals surface area contributed by atoms with Crippen LogP contribution in [-0.2, 0) is 43.3 Å². The molecule has 0 aromatic heterocycles. The molecule has 0 aliphatic carbocycles. The Balaban J connectivity index is 1.09. The zero-order valence-electron chi connectivity index (χ0n) is 67.5. The van der Waals surface area contributed by atoms with Crippen LogP contribution >= 0.6 is 0 Å². The predicted molar refractivity (Wildman–Crippen MR) is 457 cm³/mol. The lowest BCUT2D eigenvalue weighted by Gasteiger charge is -2.46. The van der Waals surface area contributed by atoms with Crippen LogP contribution in [-0.4, -0.2) is 13.4 Å². The maximum Gasteiger partial charge on any atom is 0.256 e. The fraction of sp³-hybridized carbons (Fsp3) is 0.327. The SMILES string of the molecule is CC(C)(C)c1cc(N2c3cc(N(c4ccccc4)c4ccccc4)cc4c3B(c3cc5c(cc3O4)Oc3cc(N(c4ccccc4)c4ccccc4)cc4c3B5c3c(cc(C(C)(C)C)cc3C(C)(C)C)N4c3cc(C(C)(C)C)cc(C(C)(C)C)c3)c3c2cc(C(C)(C)C)cc3C(C)(C)C)cc(C(C)(C)C)c1. The van der Waals surface area contributed by atoms with E-state index in [1.54, 1.807) is 0 Å². The number of fused-ring (bicyclic) bond motifs is 8. The van der Waals surface area contributed by atoms with Crippen molar-refractivity contribution >= 4 is 114 Å². The van der Waals surface area contributed by atoms with E-state index in [1.165, 1.54) is 66.8 Å². The molecule has 0 atom stereocenters. The number of rotatable bonds is 8. The van der Waals surface area contributed by atoms with Crippen LogP contribution in [0.1, 0.15) is 211 Å². The number of hydrogen-bond acceptors (Lipinski definition) is 6. The monoisotopic (exact) mass is 1390 g/mol. The first-order valence-electron chi connectivity index (χ1n) is 38.6. The van der Waals surface area contributed by atoms with Gasteiger partial charge in [-0.15, -0.1) is 0 Å². The van der Waals surface area contributed by atoms with Gasteiger partial charge in [-0.3, -0.25) is 0 Å². The Morgan fingerprint density at radius 1 is 0.236 bits per heavy atom. The molecule has 4 aliphatic heterocycles. The quantitative estimate of drug-likeness (QED) is 0.141. The topological polar surface area (TPSA) is 31.4 Å². The lowest BCUT2D eigenvalue weighted by Crippen LogP contribution is -2.64. The minimum atomic E-state index is -0.306. The first kappa shape index (κ1) is 71.9. The molecule has 106 heavy (non-hydrogen) atoms. The molecule has 0 N–H and O–H groups in total. The normalized spacial score (nSPS) is 14.1. The maximum atomic E-state index is 7.99. The third kappa shape index (κ3) is 12.7. The molecule has 0 amide bonds. The van der Waals surface area contributed by atoms with Gasteiger partial charge in [0.25, 0.3) is 13.4 Å². The Bertz CT molecular complexity index is 4800. The minimum Gasteiger partial charge on any atom is -0.458 e. The second-order valence-corrected chi connectivity index (χ2v) is 38.9. The smallest absolute Gasteiger partial charge is 0.256 e. The van der Waals surface area contributed by atoms with Crippen molar-refractivity contribution in [1.82, 2.24) is 0 Å². The van der Waals surface area contributed by atoms with E-state index in [1.807, 2.05) is 0 Å². The van der Waals surface area contributed by atoms with Gasteiger partial charge in [0.15, 0.2) is 0 Å². The lowest BCUT2D eigenvalue weighted by molar-refractivity contribution is 0.466. The fourth-order valence-electron chi connectivity index (χ4n) is 16.5. The number of benzene rings is 11. The second-order valence-electron chi connectivity index (χ2n) is 38.9. The standard InChI is InChI=1S/C98H108B2N4O2/c1-91(2,3)61-45-62(92(4,5)6)48-71(47-61)103-79-53-65(95(13,14)15)51-75(97(19,20)21)87(79)99-77-59-78-84(60-83(77)105-85-57-73(55-81(103)89(85)99)101(67-37-29-25-30-38-67)68-39-31-26-32-40-68)106-86-58-74(102(69-41-33-27-34-42-69)70-43-35-28-36-44-70)56-82-90(86)100(78)88-76(98(22,23)24)52-66(96(16,17)18)54-80(88)104(82)72-49-63(93(7,8)9)46-64(50-72)94(10,11)12/h25-60H,1-24H3. The molecule has 0 saturated carbocycles. The summed E-state index contributed by atoms with van der Waals surface area (Å²) < 4.78 is 16.0. The van der Waals surface area contributed by atoms with Crippen molar-refractivity contribution in [1.29, 1.82) is 0 Å². The van der Waals surface area contributed by atoms with E-state index in [0.717, 1.165) is 102 Å². The summed E-state index contributed by atoms with van der Waals surface area (Å²) in [5, 5.41) is 0. The summed E-state index contributed by atoms with van der Waals surface area (Å²) in [6.45, 7) is 56.5. The number of para-hydroxylation sites is 4. The van der Waals surface area contributed by atoms with Crippen molar-refractivity contribution in [3.8, 4) is 23.0 Å². The summed E-state index contributed by atoms with van der Waals surface area (Å²) >= 11 is 0. The molecular formula is C98H108B2N4O2. The molecule has 0 radical (unpaired) electrons. The largest absolute Gasteiger partial charge is 0.458 e. The van der Waals surface area contributed by atoms with E-state index in [-0.39, 0.29) is 56.7 Å². The lowest BCUT2D eigenvalue weighted by atomic mass is 9.30. The van der Waals surface area contributed by atoms with E-state index >= 15 is 0 Å². The van der Waals surface area contributed by atoms with E-state index in [0.29, 0.717) is 0 Å². The Labute approximate surface area is 635 Å². The van der Waals surface area contributed by atoms with Gasteiger partial charge >= 0.3 is 0 Å². The second kappa shape index (κ2) is 25.0. The Morgan fingerprint density at radius 2 is 0.500 bits per heavy atom. The van der Waals surface area contributed by atoms with Crippen LogP contribution in [0.15, 0.2) is 218 Å². The van der Waals surface area contributed by atoms with Gasteiger partial charge in [-0.05, 0) is 218 Å². The van der Waals surface area contributed by atoms with Crippen LogP contribution in [0.2, 0.25) is 0 Å². The summed E-state index contributed by atoms with van der Waals surface area (Å²) in [6, 6.07) is 82.9. The van der Waals surface area contributed by atoms with Crippen molar-refractivity contribution in [3.63, 3.8) is 0 Å². The molecule has 15 rings (SSSR count). The van der Waals surface area contributed by atoms with Crippen molar-refractivity contribution in [3.05, 3.63) is 263 Å². The van der Waals surface area contributed by atoms with Crippen molar-refractivity contribution in [2.75, 3.05) is 19.6 Å². The highest BCUT2D eigenvalue weighted by atomic mass is 16.5. The van der Waals surface area contributed by atoms with Crippen LogP contribution in [0.3, 0.4) is 0 Å². The first-order chi connectivity index (χ1) is 49.6. The molecule has 4 heterocycles. The molecule has 6 nitrogen and oxygen atoms in total. The Morgan fingerprint density at radius 3 is 0.764 bits per heavy atom. The molecule has 0 bridgehead atoms. The number of hydrogen-bond donors (Lipinski definition) is 0. The molecule has 11 aromatic carbocycles. The van der Waals surface area contributed by atoms with Gasteiger partial charge < -0.3 is 29.1 Å². The maximum absolute atomic E-state index is 7.99. The number of ether oxygens (including phenoxy) is 2. The van der Waals surface area contributed by atoms with Crippen LogP contribution in [0.4, 0.5) is 68.2 Å². The number of anilines is 12. The van der Waals surface area contributed by atoms with Gasteiger partial charge in [0, 0.05) is 75.1 Å². The minimum absolute atomic E-state index is 0.159. The third-order valence-electron chi connectivity index (χ3n) is 22.6. The molecule has 0 unspecified atom stereocenters. The van der Waals surface area contributed by atoms with Gasteiger partial charge in [0.05, 0.1) is 11.4 Å². The van der Waals surface area contributed by atoms with Crippen LogP contribution < -0.4 is 61.9 Å². The first-order valence-corrected chi connectivity index (χ1v) is 38.6. The van der Waals surface area contributed by atoms with Crippen molar-refractivity contribution in [2.24, 2.45) is 0 Å². The highest BCUT2D eigenvalue weighted by molar-refractivity contribution is 7.02. The van der Waals surface area contributed by atoms with Crippen LogP contribution in [0.5, 0.6) is 23.0 Å². The molecule has 0 fully saturated rings. The van der Waals surface area contributed by atoms with Gasteiger partial charge in [0.2, 0.25) is 0 Å². The van der Waals surface area contributed by atoms with E-state index in [2.05, 4.69) is 404 Å². The van der Waals surface area contributed by atoms with E-state index in [9.17, 15) is 0 Å².